The Morgan fingerprint density at radius 3 is 2.02 bits per heavy atom. The third kappa shape index (κ3) is 11.2. The van der Waals surface area contributed by atoms with Crippen molar-refractivity contribution in [1.82, 2.24) is 20.1 Å². The Bertz CT molecular complexity index is 1610. The van der Waals surface area contributed by atoms with E-state index in [2.05, 4.69) is 10.1 Å². The van der Waals surface area contributed by atoms with Crippen LogP contribution in [-0.2, 0) is 16.4 Å². The van der Waals surface area contributed by atoms with Crippen LogP contribution in [0.1, 0.15) is 83.1 Å². The summed E-state index contributed by atoms with van der Waals surface area (Å²) in [6.07, 6.45) is 1.66. The van der Waals surface area contributed by atoms with Crippen LogP contribution in [0.2, 0.25) is 0 Å². The summed E-state index contributed by atoms with van der Waals surface area (Å²) in [5.41, 5.74) is 6.37. The molecule has 12 nitrogen and oxygen atoms in total. The molecular weight excluding hydrogens is 634 g/mol. The van der Waals surface area contributed by atoms with E-state index in [1.54, 1.807) is 35.2 Å². The van der Waals surface area contributed by atoms with Crippen molar-refractivity contribution in [1.29, 1.82) is 0 Å². The normalized spacial score (nSPS) is 12.8. The molecule has 0 aliphatic heterocycles. The quantitative estimate of drug-likeness (QED) is 0.119. The summed E-state index contributed by atoms with van der Waals surface area (Å²) in [4.78, 5) is 43.7. The summed E-state index contributed by atoms with van der Waals surface area (Å²) >= 11 is 0. The van der Waals surface area contributed by atoms with Crippen LogP contribution in [-0.4, -0.2) is 84.6 Å². The van der Waals surface area contributed by atoms with Crippen LogP contribution in [0.25, 0.3) is 0 Å². The van der Waals surface area contributed by atoms with Crippen molar-refractivity contribution in [3.8, 4) is 5.75 Å². The highest BCUT2D eigenvalue weighted by molar-refractivity contribution is 7.89. The first-order valence-corrected chi connectivity index (χ1v) is 17.7. The number of rotatable bonds is 19. The molecule has 48 heavy (non-hydrogen) atoms. The van der Waals surface area contributed by atoms with Crippen LogP contribution in [0.5, 0.6) is 5.75 Å². The van der Waals surface area contributed by atoms with E-state index in [0.717, 1.165) is 19.3 Å². The molecule has 0 aromatic heterocycles. The average Bonchev–Trinajstić information content (AvgIpc) is 3.07. The highest BCUT2D eigenvalue weighted by Gasteiger charge is 2.28. The molecule has 3 aromatic carbocycles. The number of aromatic hydroxyl groups is 1. The van der Waals surface area contributed by atoms with Gasteiger partial charge in [0.05, 0.1) is 17.0 Å². The molecule has 0 fully saturated rings. The zero-order valence-electron chi connectivity index (χ0n) is 27.8. The van der Waals surface area contributed by atoms with Crippen LogP contribution in [0.15, 0.2) is 77.7 Å². The molecule has 0 spiro atoms. The van der Waals surface area contributed by atoms with Gasteiger partial charge in [-0.2, -0.15) is 0 Å². The van der Waals surface area contributed by atoms with E-state index in [0.29, 0.717) is 25.1 Å². The van der Waals surface area contributed by atoms with E-state index < -0.39 is 34.0 Å². The maximum atomic E-state index is 13.8. The van der Waals surface area contributed by atoms with Gasteiger partial charge >= 0.3 is 0 Å². The number of phenolic OH excluding ortho intramolecular Hbond substituents is 1. The van der Waals surface area contributed by atoms with Crippen LogP contribution >= 0.6 is 0 Å². The highest BCUT2D eigenvalue weighted by Crippen LogP contribution is 2.17. The van der Waals surface area contributed by atoms with Crippen molar-refractivity contribution in [2.75, 3.05) is 26.2 Å². The van der Waals surface area contributed by atoms with Crippen molar-refractivity contribution in [2.24, 2.45) is 5.73 Å². The summed E-state index contributed by atoms with van der Waals surface area (Å²) in [7, 11) is -3.96. The lowest BCUT2D eigenvalue weighted by molar-refractivity contribution is 0.0614. The third-order valence-electron chi connectivity index (χ3n) is 7.67. The maximum absolute atomic E-state index is 13.8. The number of sulfonamides is 1. The Kier molecular flexibility index (Phi) is 14.5. The number of hydrogen-bond donors (Lipinski definition) is 5. The van der Waals surface area contributed by atoms with E-state index in [4.69, 9.17) is 5.73 Å². The summed E-state index contributed by atoms with van der Waals surface area (Å²) in [5, 5.41) is 25.6. The number of aliphatic hydroxyl groups excluding tert-OH is 1. The molecule has 260 valence electrons. The lowest BCUT2D eigenvalue weighted by Crippen LogP contribution is -2.53. The number of nitrogens with two attached hydrogens (primary N) is 1. The van der Waals surface area contributed by atoms with Gasteiger partial charge in [0.15, 0.2) is 0 Å². The predicted octanol–water partition coefficient (Wildman–Crippen LogP) is 3.45. The van der Waals surface area contributed by atoms with Gasteiger partial charge in [-0.15, -0.1) is 4.83 Å². The van der Waals surface area contributed by atoms with Crippen molar-refractivity contribution in [3.63, 3.8) is 0 Å². The molecule has 3 aromatic rings. The standard InChI is InChI=1S/C35H47N5O7S/c1-4-7-19-40(38-48(46,47)30-11-9-8-10-12-30)24-32(42)31(20-25-13-15-29(41)16-14-25)37-34(44)27-21-26(33(36)43)22-28(23-27)35(45)39(17-5-2)18-6-3/h8-16,21-23,31-32,38,41-42H,4-7,17-20,24H2,1-3H3,(H2,36,43)(H,37,44). The minimum Gasteiger partial charge on any atom is -0.508 e. The van der Waals surface area contributed by atoms with Crippen molar-refractivity contribution < 1.29 is 33.0 Å². The van der Waals surface area contributed by atoms with Gasteiger partial charge in [-0.25, -0.2) is 13.4 Å². The van der Waals surface area contributed by atoms with E-state index in [-0.39, 0.29) is 52.8 Å². The number of phenols is 1. The second-order valence-electron chi connectivity index (χ2n) is 11.7. The molecule has 0 saturated heterocycles. The number of nitrogens with zero attached hydrogens (tertiary/aromatic N) is 2. The smallest absolute Gasteiger partial charge is 0.253 e. The fourth-order valence-electron chi connectivity index (χ4n) is 5.18. The van der Waals surface area contributed by atoms with Crippen molar-refractivity contribution in [2.45, 2.75) is 69.9 Å². The highest BCUT2D eigenvalue weighted by atomic mass is 32.2. The number of aliphatic hydroxyl groups is 1. The van der Waals surface area contributed by atoms with E-state index in [1.807, 2.05) is 20.8 Å². The Hall–Kier alpha value is -4.30. The van der Waals surface area contributed by atoms with Crippen LogP contribution in [0.3, 0.4) is 0 Å². The number of carbonyl (C=O) groups excluding carboxylic acids is 3. The molecule has 0 heterocycles. The number of amides is 3. The van der Waals surface area contributed by atoms with Gasteiger partial charge in [0.1, 0.15) is 5.75 Å². The van der Waals surface area contributed by atoms with Gasteiger partial charge in [0.2, 0.25) is 5.91 Å². The second kappa shape index (κ2) is 18.3. The number of benzene rings is 3. The minimum atomic E-state index is -3.96. The lowest BCUT2D eigenvalue weighted by Gasteiger charge is -2.30. The average molecular weight is 682 g/mol. The molecule has 0 bridgehead atoms. The Balaban J connectivity index is 1.94. The SMILES string of the molecule is CCCCN(CC(O)C(Cc1ccc(O)cc1)NC(=O)c1cc(C(N)=O)cc(C(=O)N(CCC)CCC)c1)NS(=O)(=O)c1ccccc1. The van der Waals surface area contributed by atoms with Gasteiger partial charge in [0, 0.05) is 42.9 Å². The van der Waals surface area contributed by atoms with Crippen LogP contribution in [0.4, 0.5) is 0 Å². The van der Waals surface area contributed by atoms with E-state index in [9.17, 15) is 33.0 Å². The molecule has 0 aliphatic rings. The summed E-state index contributed by atoms with van der Waals surface area (Å²) < 4.78 is 26.3. The van der Waals surface area contributed by atoms with Crippen molar-refractivity contribution >= 4 is 27.7 Å². The molecule has 3 rings (SSSR count). The van der Waals surface area contributed by atoms with Crippen LogP contribution in [0, 0.1) is 0 Å². The number of nitrogens with one attached hydrogen (secondary N) is 2. The molecular formula is C35H47N5O7S. The predicted molar refractivity (Wildman–Crippen MR) is 184 cm³/mol. The molecule has 0 saturated carbocycles. The molecule has 0 aliphatic carbocycles. The first-order chi connectivity index (χ1) is 22.9. The fourth-order valence-corrected chi connectivity index (χ4v) is 6.31. The van der Waals surface area contributed by atoms with E-state index in [1.165, 1.54) is 47.5 Å². The first-order valence-electron chi connectivity index (χ1n) is 16.2. The van der Waals surface area contributed by atoms with Gasteiger partial charge < -0.3 is 26.2 Å². The van der Waals surface area contributed by atoms with E-state index >= 15 is 0 Å². The molecule has 0 radical (unpaired) electrons. The zero-order valence-corrected chi connectivity index (χ0v) is 28.6. The lowest BCUT2D eigenvalue weighted by atomic mass is 9.99. The fraction of sp³-hybridized carbons (Fsp3) is 0.400. The molecule has 2 atom stereocenters. The number of hydrogen-bond acceptors (Lipinski definition) is 8. The summed E-state index contributed by atoms with van der Waals surface area (Å²) in [6, 6.07) is 17.2. The summed E-state index contributed by atoms with van der Waals surface area (Å²) in [6.45, 7) is 6.96. The molecule has 13 heteroatoms. The molecule has 2 unspecified atom stereocenters. The Morgan fingerprint density at radius 2 is 1.44 bits per heavy atom. The Morgan fingerprint density at radius 1 is 0.833 bits per heavy atom. The van der Waals surface area contributed by atoms with Gasteiger partial charge in [-0.3, -0.25) is 14.4 Å². The number of carbonyl (C=O) groups is 3. The largest absolute Gasteiger partial charge is 0.508 e. The molecule has 3 amide bonds. The first kappa shape index (κ1) is 38.2. The third-order valence-corrected chi connectivity index (χ3v) is 9.06. The topological polar surface area (TPSA) is 182 Å². The monoisotopic (exact) mass is 681 g/mol. The molecule has 6 N–H and O–H groups in total. The van der Waals surface area contributed by atoms with Crippen LogP contribution < -0.4 is 15.9 Å². The summed E-state index contributed by atoms with van der Waals surface area (Å²) in [5.74, 6) is -1.78. The van der Waals surface area contributed by atoms with Gasteiger partial charge in [-0.05, 0) is 73.7 Å². The van der Waals surface area contributed by atoms with Crippen molar-refractivity contribution in [3.05, 3.63) is 95.1 Å². The number of hydrazine groups is 1. The van der Waals surface area contributed by atoms with Gasteiger partial charge in [0.25, 0.3) is 21.8 Å². The number of unbranched alkanes of at least 4 members (excludes halogenated alkanes) is 1. The second-order valence-corrected chi connectivity index (χ2v) is 13.3. The zero-order chi connectivity index (χ0) is 35.3. The Labute approximate surface area is 283 Å². The maximum Gasteiger partial charge on any atom is 0.253 e. The van der Waals surface area contributed by atoms with Gasteiger partial charge in [-0.1, -0.05) is 57.5 Å². The minimum absolute atomic E-state index is 0.00174. The number of primary amides is 1.